The number of hydrogen-bond acceptors (Lipinski definition) is 0. The summed E-state index contributed by atoms with van der Waals surface area (Å²) in [6, 6.07) is 0. The summed E-state index contributed by atoms with van der Waals surface area (Å²) < 4.78 is 0. The summed E-state index contributed by atoms with van der Waals surface area (Å²) in [7, 11) is 0. The van der Waals surface area contributed by atoms with Crippen molar-refractivity contribution in [3.05, 3.63) is 12.7 Å². The van der Waals surface area contributed by atoms with Gasteiger partial charge in [-0.2, -0.15) is 0 Å². The molecule has 0 radical (unpaired) electrons. The van der Waals surface area contributed by atoms with Crippen LogP contribution in [-0.2, 0) is 0 Å². The van der Waals surface area contributed by atoms with E-state index in [4.69, 9.17) is 0 Å². The SMILES string of the molecule is C=CC1CC(C)CC1C(CC)CC. The van der Waals surface area contributed by atoms with Gasteiger partial charge in [0.1, 0.15) is 0 Å². The monoisotopic (exact) mass is 180 g/mol. The molecule has 1 rings (SSSR count). The van der Waals surface area contributed by atoms with Crippen LogP contribution in [0.1, 0.15) is 46.5 Å². The van der Waals surface area contributed by atoms with E-state index in [-0.39, 0.29) is 0 Å². The Morgan fingerprint density at radius 2 is 1.92 bits per heavy atom. The van der Waals surface area contributed by atoms with Crippen LogP contribution in [-0.4, -0.2) is 0 Å². The Morgan fingerprint density at radius 1 is 1.31 bits per heavy atom. The van der Waals surface area contributed by atoms with Gasteiger partial charge in [0.25, 0.3) is 0 Å². The van der Waals surface area contributed by atoms with Crippen LogP contribution < -0.4 is 0 Å². The fourth-order valence-corrected chi connectivity index (χ4v) is 3.08. The third-order valence-electron chi connectivity index (χ3n) is 3.86. The highest BCUT2D eigenvalue weighted by atomic mass is 14.4. The maximum atomic E-state index is 3.98. The van der Waals surface area contributed by atoms with Gasteiger partial charge in [0, 0.05) is 0 Å². The molecule has 0 N–H and O–H groups in total. The van der Waals surface area contributed by atoms with Crippen LogP contribution in [0.3, 0.4) is 0 Å². The minimum Gasteiger partial charge on any atom is -0.103 e. The molecule has 1 fully saturated rings. The molecule has 0 heteroatoms. The highest BCUT2D eigenvalue weighted by Gasteiger charge is 2.33. The van der Waals surface area contributed by atoms with Gasteiger partial charge in [0.05, 0.1) is 0 Å². The van der Waals surface area contributed by atoms with E-state index in [9.17, 15) is 0 Å². The van der Waals surface area contributed by atoms with E-state index >= 15 is 0 Å². The predicted octanol–water partition coefficient (Wildman–Crippen LogP) is 4.27. The second-order valence-corrected chi connectivity index (χ2v) is 4.72. The fourth-order valence-electron chi connectivity index (χ4n) is 3.08. The molecule has 0 aromatic rings. The summed E-state index contributed by atoms with van der Waals surface area (Å²) in [5.41, 5.74) is 0. The van der Waals surface area contributed by atoms with E-state index in [0.29, 0.717) is 0 Å². The Morgan fingerprint density at radius 3 is 2.38 bits per heavy atom. The number of allylic oxidation sites excluding steroid dienone is 1. The van der Waals surface area contributed by atoms with E-state index < -0.39 is 0 Å². The molecule has 0 amide bonds. The fraction of sp³-hybridized carbons (Fsp3) is 0.846. The number of rotatable bonds is 4. The minimum atomic E-state index is 0.805. The molecule has 1 saturated carbocycles. The lowest BCUT2D eigenvalue weighted by atomic mass is 9.81. The number of hydrogen-bond donors (Lipinski definition) is 0. The van der Waals surface area contributed by atoms with Crippen molar-refractivity contribution >= 4 is 0 Å². The van der Waals surface area contributed by atoms with Gasteiger partial charge in [-0.15, -0.1) is 6.58 Å². The summed E-state index contributed by atoms with van der Waals surface area (Å²) in [6.45, 7) is 11.0. The molecular weight excluding hydrogens is 156 g/mol. The van der Waals surface area contributed by atoms with Gasteiger partial charge in [-0.25, -0.2) is 0 Å². The molecule has 0 heterocycles. The van der Waals surface area contributed by atoms with Crippen molar-refractivity contribution < 1.29 is 0 Å². The molecule has 3 atom stereocenters. The molecule has 0 aromatic carbocycles. The van der Waals surface area contributed by atoms with Crippen LogP contribution >= 0.6 is 0 Å². The van der Waals surface area contributed by atoms with Gasteiger partial charge in [-0.1, -0.05) is 39.7 Å². The zero-order valence-electron chi connectivity index (χ0n) is 9.42. The standard InChI is InChI=1S/C13H24/c1-5-11(6-2)13-9-10(4)8-12(13)7-3/h7,10-13H,3,5-6,8-9H2,1-2,4H3. The first-order valence-corrected chi connectivity index (χ1v) is 5.85. The largest absolute Gasteiger partial charge is 0.103 e. The lowest BCUT2D eigenvalue weighted by Crippen LogP contribution is -2.16. The molecule has 0 saturated heterocycles. The molecule has 0 aliphatic heterocycles. The third-order valence-corrected chi connectivity index (χ3v) is 3.86. The van der Waals surface area contributed by atoms with E-state index in [1.165, 1.54) is 25.7 Å². The smallest absolute Gasteiger partial charge is 0.0203 e. The van der Waals surface area contributed by atoms with Crippen molar-refractivity contribution in [1.82, 2.24) is 0 Å². The molecule has 0 nitrogen and oxygen atoms in total. The molecule has 1 aliphatic carbocycles. The van der Waals surface area contributed by atoms with E-state index in [0.717, 1.165) is 23.7 Å². The highest BCUT2D eigenvalue weighted by Crippen LogP contribution is 2.43. The normalized spacial score (nSPS) is 34.0. The first kappa shape index (κ1) is 10.8. The van der Waals surface area contributed by atoms with Crippen molar-refractivity contribution in [2.45, 2.75) is 46.5 Å². The molecule has 3 unspecified atom stereocenters. The maximum Gasteiger partial charge on any atom is -0.0203 e. The lowest BCUT2D eigenvalue weighted by molar-refractivity contribution is 0.275. The van der Waals surface area contributed by atoms with Gasteiger partial charge in [-0.3, -0.25) is 0 Å². The lowest BCUT2D eigenvalue weighted by Gasteiger charge is -2.24. The van der Waals surface area contributed by atoms with Crippen LogP contribution in [0.5, 0.6) is 0 Å². The third kappa shape index (κ3) is 2.36. The Balaban J connectivity index is 2.60. The highest BCUT2D eigenvalue weighted by molar-refractivity contribution is 4.93. The zero-order valence-corrected chi connectivity index (χ0v) is 9.42. The van der Waals surface area contributed by atoms with Crippen molar-refractivity contribution in [1.29, 1.82) is 0 Å². The molecule has 1 aliphatic rings. The van der Waals surface area contributed by atoms with E-state index in [1.807, 2.05) is 0 Å². The van der Waals surface area contributed by atoms with Gasteiger partial charge >= 0.3 is 0 Å². The Labute approximate surface area is 83.4 Å². The average molecular weight is 180 g/mol. The molecule has 13 heavy (non-hydrogen) atoms. The summed E-state index contributed by atoms with van der Waals surface area (Å²) in [5, 5.41) is 0. The van der Waals surface area contributed by atoms with E-state index in [2.05, 4.69) is 33.4 Å². The molecular formula is C13H24. The predicted molar refractivity (Wildman–Crippen MR) is 59.6 cm³/mol. The van der Waals surface area contributed by atoms with Crippen molar-refractivity contribution in [2.75, 3.05) is 0 Å². The summed E-state index contributed by atoms with van der Waals surface area (Å²) >= 11 is 0. The maximum absolute atomic E-state index is 3.98. The summed E-state index contributed by atoms with van der Waals surface area (Å²) in [5.74, 6) is 3.60. The van der Waals surface area contributed by atoms with Gasteiger partial charge in [0.2, 0.25) is 0 Å². The van der Waals surface area contributed by atoms with E-state index in [1.54, 1.807) is 0 Å². The van der Waals surface area contributed by atoms with Crippen molar-refractivity contribution in [2.24, 2.45) is 23.7 Å². The van der Waals surface area contributed by atoms with Gasteiger partial charge in [-0.05, 0) is 36.5 Å². The topological polar surface area (TPSA) is 0 Å². The van der Waals surface area contributed by atoms with Gasteiger partial charge in [0.15, 0.2) is 0 Å². The average Bonchev–Trinajstić information content (AvgIpc) is 2.49. The Hall–Kier alpha value is -0.260. The van der Waals surface area contributed by atoms with Crippen LogP contribution in [0.4, 0.5) is 0 Å². The zero-order chi connectivity index (χ0) is 9.84. The first-order valence-electron chi connectivity index (χ1n) is 5.85. The first-order chi connectivity index (χ1) is 6.22. The molecule has 0 aromatic heterocycles. The van der Waals surface area contributed by atoms with Crippen molar-refractivity contribution in [3.8, 4) is 0 Å². The minimum absolute atomic E-state index is 0.805. The quantitative estimate of drug-likeness (QED) is 0.567. The van der Waals surface area contributed by atoms with Crippen molar-refractivity contribution in [3.63, 3.8) is 0 Å². The second-order valence-electron chi connectivity index (χ2n) is 4.72. The van der Waals surface area contributed by atoms with Crippen LogP contribution in [0.2, 0.25) is 0 Å². The van der Waals surface area contributed by atoms with Crippen LogP contribution in [0, 0.1) is 23.7 Å². The van der Waals surface area contributed by atoms with Crippen LogP contribution in [0.25, 0.3) is 0 Å². The molecule has 0 spiro atoms. The molecule has 0 bridgehead atoms. The molecule has 76 valence electrons. The van der Waals surface area contributed by atoms with Crippen LogP contribution in [0.15, 0.2) is 12.7 Å². The summed E-state index contributed by atoms with van der Waals surface area (Å²) in [6.07, 6.45) is 7.70. The van der Waals surface area contributed by atoms with Gasteiger partial charge < -0.3 is 0 Å². The second kappa shape index (κ2) is 4.83. The Bertz CT molecular complexity index is 155. The summed E-state index contributed by atoms with van der Waals surface area (Å²) in [4.78, 5) is 0. The Kier molecular flexibility index (Phi) is 4.02.